The van der Waals surface area contributed by atoms with Crippen molar-refractivity contribution in [2.75, 3.05) is 32.8 Å². The van der Waals surface area contributed by atoms with Crippen LogP contribution in [0.4, 0.5) is 4.39 Å². The topological polar surface area (TPSA) is 60.9 Å². The number of nitrogens with zero attached hydrogens (tertiary/aromatic N) is 2. The molecule has 2 saturated heterocycles. The van der Waals surface area contributed by atoms with Gasteiger partial charge in [-0.2, -0.15) is 0 Å². The van der Waals surface area contributed by atoms with E-state index in [0.717, 1.165) is 12.8 Å². The summed E-state index contributed by atoms with van der Waals surface area (Å²) in [5, 5.41) is 9.36. The molecule has 0 bridgehead atoms. The number of aliphatic hydroxyl groups is 1. The van der Waals surface area contributed by atoms with E-state index in [1.54, 1.807) is 9.80 Å². The predicted molar refractivity (Wildman–Crippen MR) is 91.6 cm³/mol. The first-order valence-electron chi connectivity index (χ1n) is 8.57. The molecule has 3 rings (SSSR count). The van der Waals surface area contributed by atoms with Gasteiger partial charge in [0.2, 0.25) is 11.8 Å². The number of piperidine rings is 1. The highest BCUT2D eigenvalue weighted by atomic mass is 35.5. The van der Waals surface area contributed by atoms with E-state index < -0.39 is 11.2 Å². The minimum absolute atomic E-state index is 0.0444. The Balaban J connectivity index is 1.67. The van der Waals surface area contributed by atoms with Gasteiger partial charge in [-0.15, -0.1) is 0 Å². The Labute approximate surface area is 151 Å². The van der Waals surface area contributed by atoms with Crippen LogP contribution in [0.25, 0.3) is 0 Å². The van der Waals surface area contributed by atoms with Gasteiger partial charge in [-0.25, -0.2) is 4.39 Å². The van der Waals surface area contributed by atoms with Crippen molar-refractivity contribution in [3.05, 3.63) is 34.6 Å². The quantitative estimate of drug-likeness (QED) is 0.882. The maximum Gasteiger partial charge on any atom is 0.230 e. The molecule has 2 aliphatic heterocycles. The maximum atomic E-state index is 13.1. The van der Waals surface area contributed by atoms with Gasteiger partial charge in [-0.05, 0) is 37.0 Å². The van der Waals surface area contributed by atoms with Gasteiger partial charge in [0, 0.05) is 31.2 Å². The molecule has 1 unspecified atom stereocenters. The number of aliphatic hydroxyl groups excluding tert-OH is 1. The van der Waals surface area contributed by atoms with Gasteiger partial charge < -0.3 is 14.9 Å². The van der Waals surface area contributed by atoms with Crippen LogP contribution in [0.1, 0.15) is 24.8 Å². The van der Waals surface area contributed by atoms with E-state index in [1.807, 2.05) is 0 Å². The summed E-state index contributed by atoms with van der Waals surface area (Å²) in [5.74, 6) is -0.488. The van der Waals surface area contributed by atoms with Crippen LogP contribution in [-0.4, -0.2) is 59.5 Å². The highest BCUT2D eigenvalue weighted by molar-refractivity contribution is 6.31. The van der Waals surface area contributed by atoms with Crippen molar-refractivity contribution in [2.45, 2.75) is 25.7 Å². The second-order valence-corrected chi connectivity index (χ2v) is 7.28. The number of carbonyl (C=O) groups excluding carboxylic acids is 2. The Hall–Kier alpha value is -1.66. The van der Waals surface area contributed by atoms with E-state index in [2.05, 4.69) is 0 Å². The zero-order valence-electron chi connectivity index (χ0n) is 14.0. The third-order valence-electron chi connectivity index (χ3n) is 5.26. The highest BCUT2D eigenvalue weighted by Crippen LogP contribution is 2.40. The summed E-state index contributed by atoms with van der Waals surface area (Å²) >= 11 is 6.00. The zero-order valence-corrected chi connectivity index (χ0v) is 14.8. The molecule has 1 aromatic carbocycles. The summed E-state index contributed by atoms with van der Waals surface area (Å²) in [5.41, 5.74) is 0.0706. The van der Waals surface area contributed by atoms with Gasteiger partial charge in [0.25, 0.3) is 0 Å². The average molecular weight is 369 g/mol. The molecule has 5 nitrogen and oxygen atoms in total. The van der Waals surface area contributed by atoms with Crippen molar-refractivity contribution >= 4 is 23.4 Å². The number of hydrogen-bond acceptors (Lipinski definition) is 3. The summed E-state index contributed by atoms with van der Waals surface area (Å²) in [4.78, 5) is 28.8. The molecule has 7 heteroatoms. The first kappa shape index (κ1) is 18.1. The molecule has 1 spiro atoms. The largest absolute Gasteiger partial charge is 0.395 e. The van der Waals surface area contributed by atoms with Crippen molar-refractivity contribution in [1.82, 2.24) is 9.80 Å². The number of carbonyl (C=O) groups is 2. The van der Waals surface area contributed by atoms with Crippen molar-refractivity contribution in [1.29, 1.82) is 0 Å². The third-order valence-corrected chi connectivity index (χ3v) is 5.61. The molecule has 0 aromatic heterocycles. The van der Waals surface area contributed by atoms with E-state index in [0.29, 0.717) is 38.2 Å². The van der Waals surface area contributed by atoms with Gasteiger partial charge in [-0.3, -0.25) is 9.59 Å². The second-order valence-electron chi connectivity index (χ2n) is 6.88. The fraction of sp³-hybridized carbons (Fsp3) is 0.556. The Morgan fingerprint density at radius 2 is 2.12 bits per heavy atom. The third kappa shape index (κ3) is 3.65. The van der Waals surface area contributed by atoms with Crippen LogP contribution in [-0.2, 0) is 16.0 Å². The number of benzene rings is 1. The first-order valence-corrected chi connectivity index (χ1v) is 8.95. The second kappa shape index (κ2) is 7.30. The normalized spacial score (nSPS) is 23.6. The van der Waals surface area contributed by atoms with E-state index in [-0.39, 0.29) is 29.9 Å². The van der Waals surface area contributed by atoms with Crippen LogP contribution >= 0.6 is 11.6 Å². The van der Waals surface area contributed by atoms with Crippen LogP contribution in [0.5, 0.6) is 0 Å². The number of amides is 2. The van der Waals surface area contributed by atoms with Crippen LogP contribution in [0.2, 0.25) is 5.02 Å². The fourth-order valence-corrected chi connectivity index (χ4v) is 4.12. The Morgan fingerprint density at radius 3 is 2.84 bits per heavy atom. The lowest BCUT2D eigenvalue weighted by atomic mass is 9.78. The average Bonchev–Trinajstić information content (AvgIpc) is 3.00. The molecule has 0 aliphatic carbocycles. The number of rotatable bonds is 4. The standard InChI is InChI=1S/C18H22ClFN2O3/c19-15-11-14(20)3-2-13(15)10-16(24)22-7-5-18(12-22)4-1-6-21(8-9-23)17(18)25/h2-3,11,23H,1,4-10,12H2. The van der Waals surface area contributed by atoms with E-state index in [9.17, 15) is 14.0 Å². The molecular formula is C18H22ClFN2O3. The number of likely N-dealkylation sites (tertiary alicyclic amines) is 2. The summed E-state index contributed by atoms with van der Waals surface area (Å²) in [6.07, 6.45) is 2.41. The molecule has 1 aromatic rings. The van der Waals surface area contributed by atoms with E-state index in [4.69, 9.17) is 16.7 Å². The van der Waals surface area contributed by atoms with Gasteiger partial charge in [0.05, 0.1) is 18.4 Å². The smallest absolute Gasteiger partial charge is 0.230 e. The number of halogens is 2. The van der Waals surface area contributed by atoms with Crippen molar-refractivity contribution < 1.29 is 19.1 Å². The lowest BCUT2D eigenvalue weighted by Crippen LogP contribution is -2.51. The molecule has 2 fully saturated rings. The molecule has 25 heavy (non-hydrogen) atoms. The van der Waals surface area contributed by atoms with Crippen LogP contribution in [0, 0.1) is 11.2 Å². The van der Waals surface area contributed by atoms with Gasteiger partial charge >= 0.3 is 0 Å². The van der Waals surface area contributed by atoms with Crippen molar-refractivity contribution in [2.24, 2.45) is 5.41 Å². The highest BCUT2D eigenvalue weighted by Gasteiger charge is 2.49. The Bertz CT molecular complexity index is 682. The minimum atomic E-state index is -0.518. The Morgan fingerprint density at radius 1 is 1.32 bits per heavy atom. The lowest BCUT2D eigenvalue weighted by Gasteiger charge is -2.39. The molecule has 0 saturated carbocycles. The number of β-amino-alcohol motifs (C(OH)–C–C–N with tert-alkyl or cyclic N) is 1. The molecule has 2 heterocycles. The summed E-state index contributed by atoms with van der Waals surface area (Å²) in [6, 6.07) is 4.01. The Kier molecular flexibility index (Phi) is 5.29. The number of hydrogen-bond donors (Lipinski definition) is 1. The van der Waals surface area contributed by atoms with Gasteiger partial charge in [0.1, 0.15) is 5.82 Å². The van der Waals surface area contributed by atoms with Crippen LogP contribution in [0.15, 0.2) is 18.2 Å². The van der Waals surface area contributed by atoms with Gasteiger partial charge in [0.15, 0.2) is 0 Å². The molecule has 2 aliphatic rings. The van der Waals surface area contributed by atoms with E-state index >= 15 is 0 Å². The molecule has 2 amide bonds. The molecule has 1 atom stereocenters. The van der Waals surface area contributed by atoms with Crippen molar-refractivity contribution in [3.63, 3.8) is 0 Å². The minimum Gasteiger partial charge on any atom is -0.395 e. The molecule has 136 valence electrons. The lowest BCUT2D eigenvalue weighted by molar-refractivity contribution is -0.146. The summed E-state index contributed by atoms with van der Waals surface area (Å²) in [6.45, 7) is 1.91. The molecular weight excluding hydrogens is 347 g/mol. The monoisotopic (exact) mass is 368 g/mol. The summed E-state index contributed by atoms with van der Waals surface area (Å²) < 4.78 is 13.1. The van der Waals surface area contributed by atoms with Crippen molar-refractivity contribution in [3.8, 4) is 0 Å². The molecule has 1 N–H and O–H groups in total. The van der Waals surface area contributed by atoms with Crippen LogP contribution < -0.4 is 0 Å². The maximum absolute atomic E-state index is 13.1. The van der Waals surface area contributed by atoms with Gasteiger partial charge in [-0.1, -0.05) is 17.7 Å². The van der Waals surface area contributed by atoms with E-state index in [1.165, 1.54) is 18.2 Å². The van der Waals surface area contributed by atoms with Crippen LogP contribution in [0.3, 0.4) is 0 Å². The first-order chi connectivity index (χ1) is 11.9. The zero-order chi connectivity index (χ0) is 18.0. The fourth-order valence-electron chi connectivity index (χ4n) is 3.89. The summed E-state index contributed by atoms with van der Waals surface area (Å²) in [7, 11) is 0. The predicted octanol–water partition coefficient (Wildman–Crippen LogP) is 1.85. The molecule has 0 radical (unpaired) electrons. The SMILES string of the molecule is O=C(Cc1ccc(F)cc1Cl)N1CCC2(CCCN(CCO)C2=O)C1.